The lowest BCUT2D eigenvalue weighted by Gasteiger charge is -2.09. The molecule has 1 N–H and O–H groups in total. The molecular weight excluding hydrogens is 444 g/mol. The Morgan fingerprint density at radius 1 is 1.00 bits per heavy atom. The second-order valence-corrected chi connectivity index (χ2v) is 9.05. The normalized spacial score (nSPS) is 10.9. The van der Waals surface area contributed by atoms with Crippen LogP contribution in [0, 0.1) is 13.8 Å². The van der Waals surface area contributed by atoms with Gasteiger partial charge in [-0.3, -0.25) is 4.79 Å². The summed E-state index contributed by atoms with van der Waals surface area (Å²) in [6.07, 6.45) is 3.35. The first-order chi connectivity index (χ1) is 16.5. The van der Waals surface area contributed by atoms with E-state index in [0.29, 0.717) is 16.6 Å². The van der Waals surface area contributed by atoms with Crippen LogP contribution in [0.4, 0.5) is 5.69 Å². The van der Waals surface area contributed by atoms with Gasteiger partial charge in [0.1, 0.15) is 0 Å². The van der Waals surface area contributed by atoms with Crippen molar-refractivity contribution in [3.8, 4) is 5.69 Å². The van der Waals surface area contributed by atoms with E-state index in [-0.39, 0.29) is 11.6 Å². The van der Waals surface area contributed by atoms with Crippen LogP contribution in [0.5, 0.6) is 0 Å². The fourth-order valence-electron chi connectivity index (χ4n) is 3.60. The van der Waals surface area contributed by atoms with Gasteiger partial charge < -0.3 is 5.32 Å². The molecule has 0 spiro atoms. The fraction of sp³-hybridized carbons (Fsp3) is 0.269. The van der Waals surface area contributed by atoms with Crippen LogP contribution in [-0.2, 0) is 12.2 Å². The average molecular weight is 473 g/mol. The van der Waals surface area contributed by atoms with Gasteiger partial charge in [0, 0.05) is 22.8 Å². The number of nitrogens with zero attached hydrogens (tertiary/aromatic N) is 5. The maximum absolute atomic E-state index is 13.2. The topological polar surface area (TPSA) is 85.6 Å². The molecule has 0 atom stereocenters. The molecule has 0 saturated heterocycles. The fourth-order valence-corrected chi connectivity index (χ4v) is 4.54. The van der Waals surface area contributed by atoms with Gasteiger partial charge in [0.25, 0.3) is 5.91 Å². The molecule has 4 rings (SSSR count). The lowest BCUT2D eigenvalue weighted by atomic mass is 10.1. The van der Waals surface area contributed by atoms with E-state index in [4.69, 9.17) is 0 Å². The van der Waals surface area contributed by atoms with Gasteiger partial charge >= 0.3 is 0 Å². The van der Waals surface area contributed by atoms with Gasteiger partial charge in [-0.2, -0.15) is 0 Å². The molecule has 0 saturated carbocycles. The number of unbranched alkanes of at least 4 members (excludes halogenated alkanes) is 1. The Bertz CT molecular complexity index is 1230. The number of rotatable bonds is 9. The number of anilines is 1. The molecule has 0 unspecified atom stereocenters. The lowest BCUT2D eigenvalue weighted by Crippen LogP contribution is -2.15. The predicted octanol–water partition coefficient (Wildman–Crippen LogP) is 5.56. The highest BCUT2D eigenvalue weighted by atomic mass is 32.2. The van der Waals surface area contributed by atoms with Gasteiger partial charge in [-0.15, -0.1) is 5.10 Å². The van der Waals surface area contributed by atoms with E-state index in [1.807, 2.05) is 62.4 Å². The number of benzene rings is 2. The van der Waals surface area contributed by atoms with Crippen molar-refractivity contribution in [2.75, 3.05) is 5.32 Å². The molecule has 174 valence electrons. The Balaban J connectivity index is 1.58. The van der Waals surface area contributed by atoms with Gasteiger partial charge in [-0.1, -0.05) is 60.7 Å². The Hall–Kier alpha value is -3.52. The molecule has 0 aliphatic heterocycles. The largest absolute Gasteiger partial charge is 0.321 e. The van der Waals surface area contributed by atoms with E-state index in [1.165, 1.54) is 17.3 Å². The van der Waals surface area contributed by atoms with Crippen molar-refractivity contribution in [2.45, 2.75) is 50.9 Å². The Morgan fingerprint density at radius 2 is 1.71 bits per heavy atom. The lowest BCUT2D eigenvalue weighted by molar-refractivity contribution is 0.102. The first kappa shape index (κ1) is 23.6. The quantitative estimate of drug-likeness (QED) is 0.253. The summed E-state index contributed by atoms with van der Waals surface area (Å²) in [5, 5.41) is 12.2. The Kier molecular flexibility index (Phi) is 7.69. The van der Waals surface area contributed by atoms with Crippen LogP contribution in [-0.4, -0.2) is 30.9 Å². The summed E-state index contributed by atoms with van der Waals surface area (Å²) in [5.74, 6) is 0.157. The van der Waals surface area contributed by atoms with E-state index in [0.717, 1.165) is 42.0 Å². The minimum absolute atomic E-state index is 0.288. The SMILES string of the molecule is CCCCc1ccc(NC(=O)c2nnn(-c3ccccc3)c2CSc2nc(C)cc(C)n2)cc1. The molecule has 2 aromatic carbocycles. The maximum Gasteiger partial charge on any atom is 0.278 e. The summed E-state index contributed by atoms with van der Waals surface area (Å²) in [6.45, 7) is 6.07. The number of carbonyl (C=O) groups is 1. The Morgan fingerprint density at radius 3 is 2.38 bits per heavy atom. The van der Waals surface area contributed by atoms with Crippen LogP contribution >= 0.6 is 11.8 Å². The van der Waals surface area contributed by atoms with Crippen LogP contribution in [0.1, 0.15) is 52.9 Å². The highest BCUT2D eigenvalue weighted by molar-refractivity contribution is 7.98. The first-order valence-corrected chi connectivity index (χ1v) is 12.4. The predicted molar refractivity (Wildman–Crippen MR) is 135 cm³/mol. The Labute approximate surface area is 204 Å². The van der Waals surface area contributed by atoms with Crippen molar-refractivity contribution < 1.29 is 4.79 Å². The second kappa shape index (κ2) is 11.1. The molecule has 2 aromatic heterocycles. The number of hydrogen-bond acceptors (Lipinski definition) is 6. The number of thioether (sulfide) groups is 1. The van der Waals surface area contributed by atoms with Gasteiger partial charge in [-0.05, 0) is 62.6 Å². The van der Waals surface area contributed by atoms with Crippen molar-refractivity contribution >= 4 is 23.4 Å². The van der Waals surface area contributed by atoms with Crippen LogP contribution in [0.3, 0.4) is 0 Å². The van der Waals surface area contributed by atoms with Crippen LogP contribution in [0.25, 0.3) is 5.69 Å². The van der Waals surface area contributed by atoms with Crippen molar-refractivity contribution in [3.05, 3.63) is 89.0 Å². The highest BCUT2D eigenvalue weighted by Gasteiger charge is 2.21. The zero-order chi connectivity index (χ0) is 23.9. The smallest absolute Gasteiger partial charge is 0.278 e. The van der Waals surface area contributed by atoms with Crippen molar-refractivity contribution in [2.24, 2.45) is 0 Å². The molecule has 0 bridgehead atoms. The molecule has 8 heteroatoms. The summed E-state index contributed by atoms with van der Waals surface area (Å²) >= 11 is 1.46. The summed E-state index contributed by atoms with van der Waals surface area (Å²) < 4.78 is 1.71. The van der Waals surface area contributed by atoms with Crippen molar-refractivity contribution in [3.63, 3.8) is 0 Å². The third kappa shape index (κ3) is 5.88. The zero-order valence-corrected chi connectivity index (χ0v) is 20.5. The summed E-state index contributed by atoms with van der Waals surface area (Å²) in [7, 11) is 0. The van der Waals surface area contributed by atoms with Crippen molar-refractivity contribution in [1.82, 2.24) is 25.0 Å². The third-order valence-corrected chi connectivity index (χ3v) is 6.17. The number of nitrogens with one attached hydrogen (secondary N) is 1. The molecule has 34 heavy (non-hydrogen) atoms. The van der Waals surface area contributed by atoms with Gasteiger partial charge in [-0.25, -0.2) is 14.6 Å². The molecular formula is C26H28N6OS. The molecule has 1 amide bonds. The highest BCUT2D eigenvalue weighted by Crippen LogP contribution is 2.24. The first-order valence-electron chi connectivity index (χ1n) is 11.4. The average Bonchev–Trinajstić information content (AvgIpc) is 3.26. The van der Waals surface area contributed by atoms with Gasteiger partial charge in [0.15, 0.2) is 10.9 Å². The molecule has 0 aliphatic carbocycles. The number of carbonyl (C=O) groups excluding carboxylic acids is 1. The monoisotopic (exact) mass is 472 g/mol. The van der Waals surface area contributed by atoms with E-state index in [1.54, 1.807) is 4.68 Å². The number of amides is 1. The van der Waals surface area contributed by atoms with E-state index in [9.17, 15) is 4.79 Å². The standard InChI is InChI=1S/C26H28N6OS/c1-4-5-9-20-12-14-21(15-13-20)29-25(33)24-23(17-34-26-27-18(2)16-19(3)28-26)32(31-30-24)22-10-7-6-8-11-22/h6-8,10-16H,4-5,9,17H2,1-3H3,(H,29,33). The van der Waals surface area contributed by atoms with E-state index >= 15 is 0 Å². The molecule has 4 aromatic rings. The van der Waals surface area contributed by atoms with Crippen LogP contribution in [0.2, 0.25) is 0 Å². The second-order valence-electron chi connectivity index (χ2n) is 8.11. The minimum Gasteiger partial charge on any atom is -0.321 e. The molecule has 7 nitrogen and oxygen atoms in total. The summed E-state index contributed by atoms with van der Waals surface area (Å²) in [4.78, 5) is 22.2. The number of aryl methyl sites for hydroxylation is 3. The third-order valence-electron chi connectivity index (χ3n) is 5.31. The molecule has 0 aliphatic rings. The number of hydrogen-bond donors (Lipinski definition) is 1. The zero-order valence-electron chi connectivity index (χ0n) is 19.7. The van der Waals surface area contributed by atoms with Gasteiger partial charge in [0.2, 0.25) is 0 Å². The van der Waals surface area contributed by atoms with Crippen LogP contribution in [0.15, 0.2) is 65.8 Å². The molecule has 0 radical (unpaired) electrons. The van der Waals surface area contributed by atoms with Crippen molar-refractivity contribution in [1.29, 1.82) is 0 Å². The minimum atomic E-state index is -0.291. The maximum atomic E-state index is 13.2. The van der Waals surface area contributed by atoms with Crippen LogP contribution < -0.4 is 5.32 Å². The van der Waals surface area contributed by atoms with E-state index in [2.05, 4.69) is 44.7 Å². The summed E-state index contributed by atoms with van der Waals surface area (Å²) in [6, 6.07) is 19.6. The molecule has 2 heterocycles. The van der Waals surface area contributed by atoms with Gasteiger partial charge in [0.05, 0.1) is 11.4 Å². The summed E-state index contributed by atoms with van der Waals surface area (Å²) in [5.41, 5.74) is 5.63. The van der Waals surface area contributed by atoms with E-state index < -0.39 is 0 Å². The number of aromatic nitrogens is 5. The molecule has 0 fully saturated rings. The number of para-hydroxylation sites is 1.